The zero-order valence-electron chi connectivity index (χ0n) is 18.8. The Labute approximate surface area is 176 Å². The summed E-state index contributed by atoms with van der Waals surface area (Å²) in [6.45, 7) is 11.3. The molecule has 3 heteroatoms. The number of benzene rings is 2. The fourth-order valence-electron chi connectivity index (χ4n) is 4.59. The molecule has 1 aliphatic rings. The van der Waals surface area contributed by atoms with Gasteiger partial charge in [-0.15, -0.1) is 0 Å². The number of aryl methyl sites for hydroxylation is 2. The van der Waals surface area contributed by atoms with E-state index in [0.717, 1.165) is 13.0 Å². The molecule has 1 aliphatic carbocycles. The van der Waals surface area contributed by atoms with Crippen LogP contribution in [0.15, 0.2) is 36.4 Å². The van der Waals surface area contributed by atoms with Gasteiger partial charge in [-0.3, -0.25) is 4.90 Å². The van der Waals surface area contributed by atoms with E-state index in [1.165, 1.54) is 42.5 Å². The van der Waals surface area contributed by atoms with Gasteiger partial charge in [0, 0.05) is 25.6 Å². The molecule has 0 aromatic heterocycles. The van der Waals surface area contributed by atoms with Gasteiger partial charge in [0.15, 0.2) is 0 Å². The van der Waals surface area contributed by atoms with E-state index in [0.29, 0.717) is 23.6 Å². The first-order valence-electron chi connectivity index (χ1n) is 11.2. The minimum absolute atomic E-state index is 0.178. The van der Waals surface area contributed by atoms with Crippen LogP contribution >= 0.6 is 0 Å². The maximum Gasteiger partial charge on any atom is 0.146 e. The quantitative estimate of drug-likeness (QED) is 0.505. The van der Waals surface area contributed by atoms with E-state index in [4.69, 9.17) is 0 Å². The lowest BCUT2D eigenvalue weighted by molar-refractivity contribution is 0.220. The largest absolute Gasteiger partial charge is 0.386 e. The second-order valence-corrected chi connectivity index (χ2v) is 8.99. The number of unbranched alkanes of at least 4 members (excludes halogenated alkanes) is 1. The summed E-state index contributed by atoms with van der Waals surface area (Å²) < 4.78 is 13.8. The molecular weight excluding hydrogens is 359 g/mol. The lowest BCUT2D eigenvalue weighted by Gasteiger charge is -2.27. The highest BCUT2D eigenvalue weighted by atomic mass is 19.1. The molecule has 0 heterocycles. The fourth-order valence-corrected chi connectivity index (χ4v) is 4.59. The van der Waals surface area contributed by atoms with Gasteiger partial charge in [0.2, 0.25) is 0 Å². The van der Waals surface area contributed by atoms with Crippen molar-refractivity contribution < 1.29 is 4.39 Å². The van der Waals surface area contributed by atoms with Gasteiger partial charge >= 0.3 is 0 Å². The summed E-state index contributed by atoms with van der Waals surface area (Å²) in [6.07, 6.45) is 4.75. The molecule has 2 aromatic rings. The summed E-state index contributed by atoms with van der Waals surface area (Å²) in [6, 6.07) is 13.0. The van der Waals surface area contributed by atoms with Gasteiger partial charge in [0.25, 0.3) is 0 Å². The van der Waals surface area contributed by atoms with Gasteiger partial charge in [-0.2, -0.15) is 0 Å². The second kappa shape index (κ2) is 9.75. The Morgan fingerprint density at radius 3 is 2.69 bits per heavy atom. The lowest BCUT2D eigenvalue weighted by atomic mass is 9.99. The van der Waals surface area contributed by atoms with Crippen LogP contribution in [0.1, 0.15) is 61.3 Å². The second-order valence-electron chi connectivity index (χ2n) is 8.99. The highest BCUT2D eigenvalue weighted by Crippen LogP contribution is 2.46. The zero-order chi connectivity index (χ0) is 21.0. The molecule has 29 heavy (non-hydrogen) atoms. The first-order valence-corrected chi connectivity index (χ1v) is 11.2. The maximum atomic E-state index is 13.8. The van der Waals surface area contributed by atoms with Gasteiger partial charge in [-0.1, -0.05) is 50.1 Å². The molecular formula is C26H37FN2. The van der Waals surface area contributed by atoms with Crippen LogP contribution in [0, 0.1) is 25.6 Å². The molecule has 2 nitrogen and oxygen atoms in total. The van der Waals surface area contributed by atoms with Crippen molar-refractivity contribution in [1.29, 1.82) is 0 Å². The van der Waals surface area contributed by atoms with E-state index in [1.807, 2.05) is 12.1 Å². The smallest absolute Gasteiger partial charge is 0.146 e. The van der Waals surface area contributed by atoms with E-state index in [9.17, 15) is 4.39 Å². The van der Waals surface area contributed by atoms with Crippen molar-refractivity contribution in [3.05, 3.63) is 64.5 Å². The van der Waals surface area contributed by atoms with Gasteiger partial charge in [0.1, 0.15) is 5.82 Å². The van der Waals surface area contributed by atoms with E-state index < -0.39 is 0 Å². The van der Waals surface area contributed by atoms with Crippen molar-refractivity contribution in [2.24, 2.45) is 5.92 Å². The van der Waals surface area contributed by atoms with Crippen LogP contribution in [0.4, 0.5) is 10.1 Å². The molecule has 0 saturated heterocycles. The Morgan fingerprint density at radius 1 is 1.17 bits per heavy atom. The normalized spacial score (nSPS) is 19.4. The number of hydrogen-bond acceptors (Lipinski definition) is 2. The molecule has 0 spiro atoms. The Hall–Kier alpha value is -1.87. The van der Waals surface area contributed by atoms with Crippen molar-refractivity contribution in [1.82, 2.24) is 4.90 Å². The number of anilines is 1. The summed E-state index contributed by atoms with van der Waals surface area (Å²) in [4.78, 5) is 2.73. The Bertz CT molecular complexity index is 816. The molecule has 2 aromatic carbocycles. The van der Waals surface area contributed by atoms with Crippen LogP contribution in [0.25, 0.3) is 0 Å². The molecule has 0 radical (unpaired) electrons. The van der Waals surface area contributed by atoms with E-state index in [-0.39, 0.29) is 5.82 Å². The van der Waals surface area contributed by atoms with Gasteiger partial charge in [-0.05, 0) is 74.4 Å². The Kier molecular flexibility index (Phi) is 7.34. The zero-order valence-corrected chi connectivity index (χ0v) is 18.8. The molecule has 0 bridgehead atoms. The molecule has 3 unspecified atom stereocenters. The Morgan fingerprint density at radius 2 is 1.97 bits per heavy atom. The molecule has 0 aliphatic heterocycles. The summed E-state index contributed by atoms with van der Waals surface area (Å²) in [5.41, 5.74) is 6.13. The molecule has 3 rings (SSSR count). The summed E-state index contributed by atoms with van der Waals surface area (Å²) in [7, 11) is 1.78. The minimum atomic E-state index is -0.178. The lowest BCUT2D eigenvalue weighted by Crippen LogP contribution is -2.33. The van der Waals surface area contributed by atoms with E-state index in [2.05, 4.69) is 56.1 Å². The highest BCUT2D eigenvalue weighted by Gasteiger charge is 2.43. The predicted molar refractivity (Wildman–Crippen MR) is 122 cm³/mol. The van der Waals surface area contributed by atoms with Crippen molar-refractivity contribution in [3.8, 4) is 0 Å². The van der Waals surface area contributed by atoms with Crippen molar-refractivity contribution >= 4 is 5.69 Å². The molecule has 0 amide bonds. The van der Waals surface area contributed by atoms with Crippen LogP contribution < -0.4 is 5.32 Å². The monoisotopic (exact) mass is 396 g/mol. The summed E-state index contributed by atoms with van der Waals surface area (Å²) >= 11 is 0. The Balaban J connectivity index is 1.65. The third kappa shape index (κ3) is 5.60. The third-order valence-corrected chi connectivity index (χ3v) is 6.29. The molecule has 1 N–H and O–H groups in total. The van der Waals surface area contributed by atoms with Gasteiger partial charge < -0.3 is 5.32 Å². The number of nitrogens with zero attached hydrogens (tertiary/aromatic N) is 1. The molecule has 1 saturated carbocycles. The number of nitrogens with one attached hydrogen (secondary N) is 1. The van der Waals surface area contributed by atoms with Crippen LogP contribution in [-0.4, -0.2) is 31.1 Å². The standard InChI is InChI=1S/C26H37FN2/c1-6-7-12-29(26-16-23(26)22-14-18(2)8-9-20(22)4)17-19(3)13-21-10-11-24(27)25(15-21)28-5/h8-11,14-15,19,23,26,28H,6-7,12-13,16-17H2,1-5H3. The SMILES string of the molecule is CCCCN(CC(C)Cc1ccc(F)c(NC)c1)C1CC1c1cc(C)ccc1C. The maximum absolute atomic E-state index is 13.8. The first kappa shape index (κ1) is 21.8. The summed E-state index contributed by atoms with van der Waals surface area (Å²) in [5, 5.41) is 2.95. The molecule has 158 valence electrons. The topological polar surface area (TPSA) is 15.3 Å². The first-order chi connectivity index (χ1) is 13.9. The van der Waals surface area contributed by atoms with Crippen molar-refractivity contribution in [2.45, 2.75) is 65.3 Å². The van der Waals surface area contributed by atoms with Crippen LogP contribution in [0.3, 0.4) is 0 Å². The van der Waals surface area contributed by atoms with Crippen LogP contribution in [-0.2, 0) is 6.42 Å². The fraction of sp³-hybridized carbons (Fsp3) is 0.538. The van der Waals surface area contributed by atoms with Gasteiger partial charge in [0.05, 0.1) is 5.69 Å². The van der Waals surface area contributed by atoms with Crippen molar-refractivity contribution in [2.75, 3.05) is 25.5 Å². The third-order valence-electron chi connectivity index (χ3n) is 6.29. The number of hydrogen-bond donors (Lipinski definition) is 1. The molecule has 1 fully saturated rings. The summed E-state index contributed by atoms with van der Waals surface area (Å²) in [5.74, 6) is 1.05. The van der Waals surface area contributed by atoms with E-state index in [1.54, 1.807) is 18.7 Å². The van der Waals surface area contributed by atoms with Crippen molar-refractivity contribution in [3.63, 3.8) is 0 Å². The van der Waals surface area contributed by atoms with Crippen LogP contribution in [0.5, 0.6) is 0 Å². The molecule has 3 atom stereocenters. The number of halogens is 1. The predicted octanol–water partition coefficient (Wildman–Crippen LogP) is 6.32. The number of rotatable bonds is 10. The average molecular weight is 397 g/mol. The van der Waals surface area contributed by atoms with Gasteiger partial charge in [-0.25, -0.2) is 4.39 Å². The highest BCUT2D eigenvalue weighted by molar-refractivity contribution is 5.46. The minimum Gasteiger partial charge on any atom is -0.386 e. The van der Waals surface area contributed by atoms with Crippen LogP contribution in [0.2, 0.25) is 0 Å². The average Bonchev–Trinajstić information content (AvgIpc) is 3.49. The van der Waals surface area contributed by atoms with E-state index >= 15 is 0 Å².